The monoisotopic (exact) mass is 537 g/mol. The molecule has 0 spiro atoms. The molecule has 2 heterocycles. The Morgan fingerprint density at radius 3 is 2.56 bits per heavy atom. The van der Waals surface area contributed by atoms with E-state index in [9.17, 15) is 14.0 Å². The van der Waals surface area contributed by atoms with Crippen molar-refractivity contribution < 1.29 is 23.5 Å². The number of piperazine rings is 1. The molecule has 0 bridgehead atoms. The highest BCUT2D eigenvalue weighted by atomic mass is 19.1. The second-order valence-corrected chi connectivity index (χ2v) is 11.5. The molecule has 7 nitrogen and oxygen atoms in total. The summed E-state index contributed by atoms with van der Waals surface area (Å²) in [5, 5.41) is 0. The van der Waals surface area contributed by atoms with Crippen LogP contribution >= 0.6 is 0 Å². The third-order valence-corrected chi connectivity index (χ3v) is 7.28. The number of fused-ring (bicyclic) bond motifs is 1. The molecule has 2 aliphatic heterocycles. The van der Waals surface area contributed by atoms with Gasteiger partial charge < -0.3 is 19.3 Å². The van der Waals surface area contributed by atoms with Gasteiger partial charge in [-0.15, -0.1) is 0 Å². The maximum absolute atomic E-state index is 14.6. The van der Waals surface area contributed by atoms with Crippen LogP contribution in [0, 0.1) is 12.7 Å². The largest absolute Gasteiger partial charge is 0.484 e. The number of nitrogens with zero attached hydrogens (tertiary/aromatic N) is 3. The van der Waals surface area contributed by atoms with Crippen LogP contribution in [-0.2, 0) is 22.5 Å². The van der Waals surface area contributed by atoms with Crippen LogP contribution in [0.5, 0.6) is 5.75 Å². The van der Waals surface area contributed by atoms with Gasteiger partial charge in [0.05, 0.1) is 0 Å². The standard InChI is InChI=1S/C31H40FN3O4/c1-7-29(36)35-15-14-33(18-22(35)3)20-28(24-9-8-21(2)27(32)17-24)38-26-11-10-23-12-13-34(19-25(23)16-26)30(37)39-31(4,5)6/h7-11,16-17,22,28H,1,12-15,18-20H2,2-6H3/t22-,28?/m1/s1. The number of aryl methyl sites for hydroxylation is 1. The smallest absolute Gasteiger partial charge is 0.410 e. The third-order valence-electron chi connectivity index (χ3n) is 7.28. The summed E-state index contributed by atoms with van der Waals surface area (Å²) in [6, 6.07) is 11.2. The highest BCUT2D eigenvalue weighted by molar-refractivity contribution is 5.87. The molecular formula is C31H40FN3O4. The number of carbonyl (C=O) groups is 2. The predicted octanol–water partition coefficient (Wildman–Crippen LogP) is 5.27. The minimum Gasteiger partial charge on any atom is -0.484 e. The molecule has 4 rings (SSSR count). The first-order valence-corrected chi connectivity index (χ1v) is 13.6. The van der Waals surface area contributed by atoms with Crippen molar-refractivity contribution in [2.75, 3.05) is 32.7 Å². The molecular weight excluding hydrogens is 497 g/mol. The Bertz CT molecular complexity index is 1220. The van der Waals surface area contributed by atoms with E-state index >= 15 is 0 Å². The fourth-order valence-electron chi connectivity index (χ4n) is 5.15. The molecule has 8 heteroatoms. The molecule has 1 fully saturated rings. The summed E-state index contributed by atoms with van der Waals surface area (Å²) in [6.07, 6.45) is 1.36. The van der Waals surface area contributed by atoms with E-state index in [-0.39, 0.29) is 23.9 Å². The van der Waals surface area contributed by atoms with Gasteiger partial charge in [-0.3, -0.25) is 9.69 Å². The highest BCUT2D eigenvalue weighted by Crippen LogP contribution is 2.30. The van der Waals surface area contributed by atoms with Crippen molar-refractivity contribution >= 4 is 12.0 Å². The summed E-state index contributed by atoms with van der Waals surface area (Å²) in [6.45, 7) is 16.5. The Balaban J connectivity index is 1.53. The van der Waals surface area contributed by atoms with Gasteiger partial charge >= 0.3 is 6.09 Å². The van der Waals surface area contributed by atoms with Crippen LogP contribution in [0.25, 0.3) is 0 Å². The van der Waals surface area contributed by atoms with Crippen molar-refractivity contribution in [3.05, 3.63) is 77.1 Å². The zero-order valence-corrected chi connectivity index (χ0v) is 23.7. The molecule has 210 valence electrons. The van der Waals surface area contributed by atoms with Gasteiger partial charge in [0.2, 0.25) is 5.91 Å². The molecule has 2 aromatic rings. The molecule has 1 unspecified atom stereocenters. The molecule has 2 aromatic carbocycles. The van der Waals surface area contributed by atoms with E-state index in [1.54, 1.807) is 24.0 Å². The van der Waals surface area contributed by atoms with E-state index in [2.05, 4.69) is 11.5 Å². The lowest BCUT2D eigenvalue weighted by atomic mass is 9.99. The Morgan fingerprint density at radius 1 is 1.13 bits per heavy atom. The number of ether oxygens (including phenoxy) is 2. The Labute approximate surface area is 231 Å². The van der Waals surface area contributed by atoms with Crippen molar-refractivity contribution in [1.82, 2.24) is 14.7 Å². The second kappa shape index (κ2) is 11.8. The first-order chi connectivity index (χ1) is 18.4. The first kappa shape index (κ1) is 28.6. The Kier molecular flexibility index (Phi) is 8.64. The molecule has 2 atom stereocenters. The second-order valence-electron chi connectivity index (χ2n) is 11.5. The number of amides is 2. The maximum atomic E-state index is 14.6. The van der Waals surface area contributed by atoms with Crippen LogP contribution in [0.2, 0.25) is 0 Å². The van der Waals surface area contributed by atoms with Crippen LogP contribution < -0.4 is 4.74 Å². The van der Waals surface area contributed by atoms with Gasteiger partial charge in [-0.25, -0.2) is 9.18 Å². The molecule has 0 radical (unpaired) electrons. The summed E-state index contributed by atoms with van der Waals surface area (Å²) >= 11 is 0. The van der Waals surface area contributed by atoms with E-state index in [4.69, 9.17) is 9.47 Å². The molecule has 0 aliphatic carbocycles. The summed E-state index contributed by atoms with van der Waals surface area (Å²) in [7, 11) is 0. The fraction of sp³-hybridized carbons (Fsp3) is 0.484. The molecule has 0 saturated carbocycles. The van der Waals surface area contributed by atoms with Gasteiger partial charge in [0.1, 0.15) is 23.3 Å². The number of benzene rings is 2. The van der Waals surface area contributed by atoms with Gasteiger partial charge in [0.25, 0.3) is 0 Å². The van der Waals surface area contributed by atoms with Crippen molar-refractivity contribution in [3.8, 4) is 5.75 Å². The van der Waals surface area contributed by atoms with Crippen LogP contribution in [0.4, 0.5) is 9.18 Å². The lowest BCUT2D eigenvalue weighted by Crippen LogP contribution is -2.54. The fourth-order valence-corrected chi connectivity index (χ4v) is 5.15. The van der Waals surface area contributed by atoms with Gasteiger partial charge in [-0.1, -0.05) is 24.8 Å². The van der Waals surface area contributed by atoms with Crippen LogP contribution in [0.15, 0.2) is 49.1 Å². The van der Waals surface area contributed by atoms with E-state index in [0.717, 1.165) is 17.5 Å². The lowest BCUT2D eigenvalue weighted by molar-refractivity contribution is -0.130. The number of rotatable bonds is 6. The minimum atomic E-state index is -0.555. The van der Waals surface area contributed by atoms with Crippen LogP contribution in [-0.4, -0.2) is 71.1 Å². The SMILES string of the molecule is C=CC(=O)N1CCN(CC(Oc2ccc3c(c2)CN(C(=O)OC(C)(C)C)CC3)c2ccc(C)c(F)c2)C[C@H]1C. The van der Waals surface area contributed by atoms with Crippen molar-refractivity contribution in [2.24, 2.45) is 0 Å². The topological polar surface area (TPSA) is 62.3 Å². The first-order valence-electron chi connectivity index (χ1n) is 13.6. The summed E-state index contributed by atoms with van der Waals surface area (Å²) in [5.41, 5.74) is 2.98. The minimum absolute atomic E-state index is 0.0298. The molecule has 0 aromatic heterocycles. The number of carbonyl (C=O) groups excluding carboxylic acids is 2. The van der Waals surface area contributed by atoms with E-state index < -0.39 is 11.7 Å². The summed E-state index contributed by atoms with van der Waals surface area (Å²) in [4.78, 5) is 30.6. The molecule has 1 saturated heterocycles. The van der Waals surface area contributed by atoms with E-state index in [1.165, 1.54) is 11.6 Å². The van der Waals surface area contributed by atoms with Gasteiger partial charge in [0, 0.05) is 45.3 Å². The molecule has 39 heavy (non-hydrogen) atoms. The molecule has 2 aliphatic rings. The van der Waals surface area contributed by atoms with Gasteiger partial charge in [-0.2, -0.15) is 0 Å². The van der Waals surface area contributed by atoms with Gasteiger partial charge in [0.15, 0.2) is 0 Å². The zero-order chi connectivity index (χ0) is 28.3. The molecule has 2 amide bonds. The zero-order valence-electron chi connectivity index (χ0n) is 23.7. The quantitative estimate of drug-likeness (QED) is 0.470. The normalized spacial score (nSPS) is 18.8. The van der Waals surface area contributed by atoms with Crippen molar-refractivity contribution in [2.45, 2.75) is 65.3 Å². The lowest BCUT2D eigenvalue weighted by Gasteiger charge is -2.40. The van der Waals surface area contributed by atoms with Crippen LogP contribution in [0.3, 0.4) is 0 Å². The third kappa shape index (κ3) is 7.18. The number of halogens is 1. The number of hydrogen-bond acceptors (Lipinski definition) is 5. The summed E-state index contributed by atoms with van der Waals surface area (Å²) in [5.74, 6) is 0.332. The maximum Gasteiger partial charge on any atom is 0.410 e. The highest BCUT2D eigenvalue weighted by Gasteiger charge is 2.30. The Morgan fingerprint density at radius 2 is 1.90 bits per heavy atom. The van der Waals surface area contributed by atoms with E-state index in [0.29, 0.717) is 50.6 Å². The molecule has 0 N–H and O–H groups in total. The average molecular weight is 538 g/mol. The average Bonchev–Trinajstić information content (AvgIpc) is 2.88. The van der Waals surface area contributed by atoms with Crippen molar-refractivity contribution in [1.29, 1.82) is 0 Å². The predicted molar refractivity (Wildman–Crippen MR) is 149 cm³/mol. The summed E-state index contributed by atoms with van der Waals surface area (Å²) < 4.78 is 26.7. The van der Waals surface area contributed by atoms with Gasteiger partial charge in [-0.05, 0) is 87.6 Å². The Hall–Kier alpha value is -3.39. The van der Waals surface area contributed by atoms with Crippen molar-refractivity contribution in [3.63, 3.8) is 0 Å². The number of hydrogen-bond donors (Lipinski definition) is 0. The van der Waals surface area contributed by atoms with Crippen LogP contribution in [0.1, 0.15) is 56.1 Å². The van der Waals surface area contributed by atoms with E-state index in [1.807, 2.05) is 56.9 Å².